The topological polar surface area (TPSA) is 110 Å². The Balaban J connectivity index is 0. The Kier molecular flexibility index (Phi) is 38.8. The minimum atomic E-state index is -0.672. The van der Waals surface area contributed by atoms with Crippen LogP contribution >= 0.6 is 0 Å². The van der Waals surface area contributed by atoms with E-state index in [0.717, 1.165) is 45.2 Å². The van der Waals surface area contributed by atoms with Crippen LogP contribution in [0.1, 0.15) is 193 Å². The molecule has 0 spiro atoms. The molecule has 0 aliphatic heterocycles. The van der Waals surface area contributed by atoms with Crippen molar-refractivity contribution in [3.05, 3.63) is 0 Å². The van der Waals surface area contributed by atoms with E-state index < -0.39 is 5.97 Å². The summed E-state index contributed by atoms with van der Waals surface area (Å²) in [7, 11) is 0. The van der Waals surface area contributed by atoms with Gasteiger partial charge in [0.2, 0.25) is 0 Å². The number of aliphatic carboxylic acids is 1. The first kappa shape index (κ1) is 40.5. The lowest BCUT2D eigenvalue weighted by Crippen LogP contribution is -2.05. The van der Waals surface area contributed by atoms with Crippen molar-refractivity contribution in [1.29, 1.82) is 0 Å². The van der Waals surface area contributed by atoms with Gasteiger partial charge in [-0.05, 0) is 45.2 Å². The van der Waals surface area contributed by atoms with E-state index in [0.29, 0.717) is 6.42 Å². The highest BCUT2D eigenvalue weighted by Crippen LogP contribution is 2.15. The zero-order valence-corrected chi connectivity index (χ0v) is 26.5. The fraction of sp³-hybridized carbons (Fsp3) is 0.971. The molecule has 236 valence electrons. The Labute approximate surface area is 244 Å². The monoisotopic (exact) mass is 557 g/mol. The lowest BCUT2D eigenvalue weighted by Gasteiger charge is -2.10. The Morgan fingerprint density at radius 3 is 1.08 bits per heavy atom. The molecule has 0 bridgehead atoms. The smallest absolute Gasteiger partial charge is 0.303 e. The average molecular weight is 557 g/mol. The molecule has 0 aromatic carbocycles. The van der Waals surface area contributed by atoms with E-state index in [1.54, 1.807) is 0 Å². The highest BCUT2D eigenvalue weighted by molar-refractivity contribution is 5.66. The Morgan fingerprint density at radius 2 is 0.769 bits per heavy atom. The van der Waals surface area contributed by atoms with Crippen LogP contribution in [-0.2, 0) is 4.79 Å². The molecular weight excluding hydrogens is 484 g/mol. The molecule has 0 amide bonds. The summed E-state index contributed by atoms with van der Waals surface area (Å²) in [4.78, 5) is 10.4. The van der Waals surface area contributed by atoms with Crippen molar-refractivity contribution in [3.8, 4) is 0 Å². The maximum Gasteiger partial charge on any atom is 0.303 e. The van der Waals surface area contributed by atoms with Gasteiger partial charge in [0.15, 0.2) is 0 Å². The third-order valence-electron chi connectivity index (χ3n) is 7.73. The predicted octanol–water partition coefficient (Wildman–Crippen LogP) is 9.67. The van der Waals surface area contributed by atoms with Crippen LogP contribution < -0.4 is 11.5 Å². The third kappa shape index (κ3) is 42.0. The van der Waals surface area contributed by atoms with Gasteiger partial charge in [-0.15, -0.1) is 0 Å². The summed E-state index contributed by atoms with van der Waals surface area (Å²) in [5, 5.41) is 18.6. The zero-order chi connectivity index (χ0) is 29.1. The molecule has 0 heterocycles. The number of nitrogens with two attached hydrogens (primary N) is 2. The second kappa shape index (κ2) is 37.4. The quantitative estimate of drug-likeness (QED) is 0.0635. The highest BCUT2D eigenvalue weighted by Gasteiger charge is 2.04. The van der Waals surface area contributed by atoms with Gasteiger partial charge in [0.25, 0.3) is 0 Å². The molecule has 1 unspecified atom stereocenters. The average Bonchev–Trinajstić information content (AvgIpc) is 2.92. The van der Waals surface area contributed by atoms with Crippen LogP contribution in [0, 0.1) is 0 Å². The molecule has 39 heavy (non-hydrogen) atoms. The van der Waals surface area contributed by atoms with Crippen LogP contribution in [0.2, 0.25) is 0 Å². The fourth-order valence-corrected chi connectivity index (χ4v) is 5.08. The summed E-state index contributed by atoms with van der Waals surface area (Å²) >= 11 is 0. The minimum absolute atomic E-state index is 0.0788. The van der Waals surface area contributed by atoms with E-state index in [1.807, 2.05) is 0 Å². The SMILES string of the molecule is CCCCCCCCCC(O)CCCCCCCCCCCC(=O)O.NCCCCCCCCCCCCN. The number of carboxylic acid groups (broad SMARTS) is 1. The molecule has 0 aromatic rings. The lowest BCUT2D eigenvalue weighted by atomic mass is 10.0. The molecule has 5 heteroatoms. The molecule has 0 radical (unpaired) electrons. The van der Waals surface area contributed by atoms with Gasteiger partial charge >= 0.3 is 5.97 Å². The van der Waals surface area contributed by atoms with Crippen molar-refractivity contribution < 1.29 is 15.0 Å². The molecule has 0 aromatic heterocycles. The molecule has 6 N–H and O–H groups in total. The fourth-order valence-electron chi connectivity index (χ4n) is 5.08. The number of unbranched alkanes of at least 4 members (excludes halogenated alkanes) is 23. The van der Waals surface area contributed by atoms with Crippen LogP contribution in [0.3, 0.4) is 0 Å². The summed E-state index contributed by atoms with van der Waals surface area (Å²) in [5.74, 6) is -0.672. The first-order chi connectivity index (χ1) is 19.1. The Hall–Kier alpha value is -0.650. The van der Waals surface area contributed by atoms with Crippen LogP contribution in [0.5, 0.6) is 0 Å². The normalized spacial score (nSPS) is 11.8. The van der Waals surface area contributed by atoms with Gasteiger partial charge in [0.1, 0.15) is 0 Å². The second-order valence-electron chi connectivity index (χ2n) is 11.8. The maximum atomic E-state index is 10.4. The molecule has 0 saturated carbocycles. The Morgan fingerprint density at radius 1 is 0.487 bits per heavy atom. The van der Waals surface area contributed by atoms with Crippen molar-refractivity contribution in [3.63, 3.8) is 0 Å². The molecule has 5 nitrogen and oxygen atoms in total. The first-order valence-corrected chi connectivity index (χ1v) is 17.4. The van der Waals surface area contributed by atoms with E-state index in [9.17, 15) is 9.90 Å². The van der Waals surface area contributed by atoms with Gasteiger partial charge in [-0.3, -0.25) is 4.79 Å². The van der Waals surface area contributed by atoms with Crippen molar-refractivity contribution >= 4 is 5.97 Å². The van der Waals surface area contributed by atoms with Gasteiger partial charge in [0.05, 0.1) is 6.10 Å². The van der Waals surface area contributed by atoms with Crippen LogP contribution in [-0.4, -0.2) is 35.4 Å². The lowest BCUT2D eigenvalue weighted by molar-refractivity contribution is -0.137. The van der Waals surface area contributed by atoms with E-state index in [-0.39, 0.29) is 6.10 Å². The highest BCUT2D eigenvalue weighted by atomic mass is 16.4. The molecule has 0 rings (SSSR count). The third-order valence-corrected chi connectivity index (χ3v) is 7.73. The maximum absolute atomic E-state index is 10.4. The van der Waals surface area contributed by atoms with Gasteiger partial charge in [-0.25, -0.2) is 0 Å². The predicted molar refractivity (Wildman–Crippen MR) is 171 cm³/mol. The number of aliphatic hydroxyl groups is 1. The number of carboxylic acids is 1. The molecule has 1 atom stereocenters. The first-order valence-electron chi connectivity index (χ1n) is 17.4. The minimum Gasteiger partial charge on any atom is -0.481 e. The van der Waals surface area contributed by atoms with Gasteiger partial charge < -0.3 is 21.7 Å². The summed E-state index contributed by atoms with van der Waals surface area (Å²) < 4.78 is 0. The van der Waals surface area contributed by atoms with Crippen molar-refractivity contribution in [2.24, 2.45) is 11.5 Å². The zero-order valence-electron chi connectivity index (χ0n) is 26.5. The second-order valence-corrected chi connectivity index (χ2v) is 11.8. The van der Waals surface area contributed by atoms with E-state index >= 15 is 0 Å². The summed E-state index contributed by atoms with van der Waals surface area (Å²) in [6.07, 6.45) is 35.4. The number of aliphatic hydroxyl groups excluding tert-OH is 1. The van der Waals surface area contributed by atoms with Gasteiger partial charge in [-0.2, -0.15) is 0 Å². The van der Waals surface area contributed by atoms with E-state index in [1.165, 1.54) is 148 Å². The van der Waals surface area contributed by atoms with E-state index in [4.69, 9.17) is 16.6 Å². The molecule has 0 fully saturated rings. The molecule has 0 aliphatic carbocycles. The van der Waals surface area contributed by atoms with Crippen LogP contribution in [0.4, 0.5) is 0 Å². The summed E-state index contributed by atoms with van der Waals surface area (Å²) in [5.41, 5.74) is 10.9. The summed E-state index contributed by atoms with van der Waals surface area (Å²) in [6.45, 7) is 3.97. The number of hydrogen-bond acceptors (Lipinski definition) is 4. The van der Waals surface area contributed by atoms with Crippen molar-refractivity contribution in [1.82, 2.24) is 0 Å². The molecular formula is C34H72N2O3. The van der Waals surface area contributed by atoms with Crippen LogP contribution in [0.25, 0.3) is 0 Å². The van der Waals surface area contributed by atoms with Crippen molar-refractivity contribution in [2.75, 3.05) is 13.1 Å². The molecule has 0 saturated heterocycles. The molecule has 0 aliphatic rings. The summed E-state index contributed by atoms with van der Waals surface area (Å²) in [6, 6.07) is 0. The van der Waals surface area contributed by atoms with Crippen LogP contribution in [0.15, 0.2) is 0 Å². The van der Waals surface area contributed by atoms with E-state index in [2.05, 4.69) is 6.92 Å². The number of rotatable bonds is 31. The van der Waals surface area contributed by atoms with Gasteiger partial charge in [0, 0.05) is 6.42 Å². The standard InChI is InChI=1S/C22H44O3.C12H28N2/c1-2-3-4-5-9-12-15-18-21(23)19-16-13-10-7-6-8-11-14-17-20-22(24)25;13-11-9-7-5-3-1-2-4-6-8-10-12-14/h21,23H,2-20H2,1H3,(H,24,25);1-14H2. The Bertz CT molecular complexity index is 436. The largest absolute Gasteiger partial charge is 0.481 e. The van der Waals surface area contributed by atoms with Crippen molar-refractivity contribution in [2.45, 2.75) is 199 Å². The number of hydrogen-bond donors (Lipinski definition) is 4. The number of carbonyl (C=O) groups is 1. The van der Waals surface area contributed by atoms with Gasteiger partial charge in [-0.1, -0.05) is 155 Å².